The van der Waals surface area contributed by atoms with Crippen LogP contribution in [0.4, 0.5) is 23.8 Å². The van der Waals surface area contributed by atoms with Crippen LogP contribution in [0.1, 0.15) is 16.9 Å². The Morgan fingerprint density at radius 2 is 1.95 bits per heavy atom. The van der Waals surface area contributed by atoms with Gasteiger partial charge in [-0.25, -0.2) is 4.79 Å². The highest BCUT2D eigenvalue weighted by atomic mass is 19.4. The molecule has 0 fully saturated rings. The highest BCUT2D eigenvalue weighted by Gasteiger charge is 2.29. The smallest absolute Gasteiger partial charge is 0.360 e. The number of halogens is 3. The number of nitrogens with zero attached hydrogens (tertiary/aromatic N) is 1. The van der Waals surface area contributed by atoms with E-state index in [9.17, 15) is 18.0 Å². The number of benzene rings is 1. The van der Waals surface area contributed by atoms with Crippen molar-refractivity contribution in [3.8, 4) is 0 Å². The number of aromatic nitrogens is 1. The van der Waals surface area contributed by atoms with Crippen LogP contribution in [-0.4, -0.2) is 17.7 Å². The fourth-order valence-electron chi connectivity index (χ4n) is 1.77. The summed E-state index contributed by atoms with van der Waals surface area (Å²) >= 11 is 0. The predicted molar refractivity (Wildman–Crippen MR) is 73.4 cm³/mol. The van der Waals surface area contributed by atoms with Crippen molar-refractivity contribution in [3.63, 3.8) is 0 Å². The van der Waals surface area contributed by atoms with E-state index in [2.05, 4.69) is 15.8 Å². The van der Waals surface area contributed by atoms with Crippen molar-refractivity contribution < 1.29 is 22.5 Å². The molecule has 5 nitrogen and oxygen atoms in total. The fraction of sp³-hybridized carbons (Fsp3) is 0.286. The van der Waals surface area contributed by atoms with Gasteiger partial charge in [0, 0.05) is 12.6 Å². The van der Waals surface area contributed by atoms with Gasteiger partial charge in [0.15, 0.2) is 5.82 Å². The summed E-state index contributed by atoms with van der Waals surface area (Å²) < 4.78 is 42.0. The molecule has 22 heavy (non-hydrogen) atoms. The monoisotopic (exact) mass is 313 g/mol. The van der Waals surface area contributed by atoms with Crippen molar-refractivity contribution in [1.82, 2.24) is 10.5 Å². The van der Waals surface area contributed by atoms with Gasteiger partial charge in [-0.1, -0.05) is 17.3 Å². The maximum absolute atomic E-state index is 12.4. The summed E-state index contributed by atoms with van der Waals surface area (Å²) in [4.78, 5) is 11.5. The highest BCUT2D eigenvalue weighted by Crippen LogP contribution is 2.29. The van der Waals surface area contributed by atoms with Crippen LogP contribution in [0.3, 0.4) is 0 Å². The number of carbonyl (C=O) groups is 1. The van der Waals surface area contributed by atoms with Crippen LogP contribution < -0.4 is 10.6 Å². The third-order valence-electron chi connectivity index (χ3n) is 2.85. The average molecular weight is 313 g/mol. The first-order valence-electron chi connectivity index (χ1n) is 6.49. The predicted octanol–water partition coefficient (Wildman–Crippen LogP) is 3.37. The Hall–Kier alpha value is -2.51. The lowest BCUT2D eigenvalue weighted by molar-refractivity contribution is -0.137. The van der Waals surface area contributed by atoms with E-state index >= 15 is 0 Å². The molecule has 0 saturated heterocycles. The Labute approximate surface area is 124 Å². The maximum atomic E-state index is 12.4. The minimum Gasteiger partial charge on any atom is -0.360 e. The van der Waals surface area contributed by atoms with Gasteiger partial charge in [0.05, 0.1) is 5.56 Å². The van der Waals surface area contributed by atoms with Gasteiger partial charge in [-0.05, 0) is 31.0 Å². The first-order chi connectivity index (χ1) is 10.3. The Bertz CT molecular complexity index is 636. The third kappa shape index (κ3) is 4.51. The summed E-state index contributed by atoms with van der Waals surface area (Å²) in [6.45, 7) is 1.98. The first kappa shape index (κ1) is 15.9. The first-order valence-corrected chi connectivity index (χ1v) is 6.49. The summed E-state index contributed by atoms with van der Waals surface area (Å²) in [5.74, 6) is 0.865. The Kier molecular flexibility index (Phi) is 4.69. The summed E-state index contributed by atoms with van der Waals surface area (Å²) in [5, 5.41) is 8.66. The number of alkyl halides is 3. The van der Waals surface area contributed by atoms with E-state index in [1.807, 2.05) is 0 Å². The van der Waals surface area contributed by atoms with Crippen LogP contribution in [0, 0.1) is 6.92 Å². The summed E-state index contributed by atoms with van der Waals surface area (Å²) in [7, 11) is 0. The molecule has 0 atom stereocenters. The van der Waals surface area contributed by atoms with Gasteiger partial charge in [-0.15, -0.1) is 0 Å². The number of amides is 2. The molecule has 1 heterocycles. The Morgan fingerprint density at radius 1 is 1.27 bits per heavy atom. The number of nitrogens with one attached hydrogen (secondary N) is 2. The number of rotatable bonds is 4. The Balaban J connectivity index is 1.77. The zero-order valence-electron chi connectivity index (χ0n) is 11.7. The van der Waals surface area contributed by atoms with Crippen molar-refractivity contribution >= 4 is 11.8 Å². The minimum absolute atomic E-state index is 0.286. The molecule has 8 heteroatoms. The van der Waals surface area contributed by atoms with Crippen LogP contribution in [-0.2, 0) is 12.6 Å². The van der Waals surface area contributed by atoms with Crippen molar-refractivity contribution in [2.75, 3.05) is 11.9 Å². The van der Waals surface area contributed by atoms with Gasteiger partial charge in [0.2, 0.25) is 0 Å². The summed E-state index contributed by atoms with van der Waals surface area (Å²) in [5.41, 5.74) is 0.00827. The maximum Gasteiger partial charge on any atom is 0.416 e. The number of urea groups is 1. The van der Waals surface area contributed by atoms with Gasteiger partial charge in [-0.3, -0.25) is 5.32 Å². The van der Waals surface area contributed by atoms with Crippen LogP contribution >= 0.6 is 0 Å². The van der Waals surface area contributed by atoms with Gasteiger partial charge in [0.1, 0.15) is 5.76 Å². The molecular formula is C14H14F3N3O2. The lowest BCUT2D eigenvalue weighted by Gasteiger charge is -2.08. The largest absolute Gasteiger partial charge is 0.416 e. The topological polar surface area (TPSA) is 67.2 Å². The molecule has 1 aromatic carbocycles. The van der Waals surface area contributed by atoms with Crippen LogP contribution in [0.25, 0.3) is 0 Å². The molecule has 0 spiro atoms. The molecule has 0 bridgehead atoms. The molecule has 1 aromatic heterocycles. The average Bonchev–Trinajstić information content (AvgIpc) is 2.83. The second-order valence-electron chi connectivity index (χ2n) is 4.65. The molecule has 2 rings (SSSR count). The highest BCUT2D eigenvalue weighted by molar-refractivity contribution is 5.88. The Morgan fingerprint density at radius 3 is 2.50 bits per heavy atom. The van der Waals surface area contributed by atoms with E-state index in [0.717, 1.165) is 12.1 Å². The van der Waals surface area contributed by atoms with Gasteiger partial charge >= 0.3 is 12.2 Å². The third-order valence-corrected chi connectivity index (χ3v) is 2.85. The molecule has 118 valence electrons. The molecule has 0 radical (unpaired) electrons. The van der Waals surface area contributed by atoms with Gasteiger partial charge in [0.25, 0.3) is 0 Å². The van der Waals surface area contributed by atoms with Crippen molar-refractivity contribution in [1.29, 1.82) is 0 Å². The zero-order chi connectivity index (χ0) is 16.2. The molecule has 0 saturated carbocycles. The van der Waals surface area contributed by atoms with Crippen LogP contribution in [0.2, 0.25) is 0 Å². The lowest BCUT2D eigenvalue weighted by Crippen LogP contribution is -2.30. The van der Waals surface area contributed by atoms with Crippen molar-refractivity contribution in [3.05, 3.63) is 47.2 Å². The minimum atomic E-state index is -4.34. The van der Waals surface area contributed by atoms with E-state index in [-0.39, 0.29) is 6.54 Å². The van der Waals surface area contributed by atoms with Gasteiger partial charge in [-0.2, -0.15) is 13.2 Å². The standard InChI is InChI=1S/C14H14F3N3O2/c1-9-8-12(20-22-9)19-13(21)18-7-6-10-2-4-11(5-3-10)14(15,16)17/h2-5,8H,6-7H2,1H3,(H2,18,19,20,21). The molecule has 0 unspecified atom stereocenters. The summed E-state index contributed by atoms with van der Waals surface area (Å²) in [6.07, 6.45) is -3.92. The molecule has 2 N–H and O–H groups in total. The number of aryl methyl sites for hydroxylation is 1. The molecular weight excluding hydrogens is 299 g/mol. The molecule has 0 aliphatic rings. The number of anilines is 1. The second kappa shape index (κ2) is 6.50. The number of hydrogen-bond acceptors (Lipinski definition) is 3. The van der Waals surface area contributed by atoms with Crippen LogP contribution in [0.5, 0.6) is 0 Å². The SMILES string of the molecule is Cc1cc(NC(=O)NCCc2ccc(C(F)(F)F)cc2)no1. The zero-order valence-corrected chi connectivity index (χ0v) is 11.7. The van der Waals surface area contributed by atoms with E-state index in [0.29, 0.717) is 23.6 Å². The molecule has 2 amide bonds. The molecule has 2 aromatic rings. The number of carbonyl (C=O) groups excluding carboxylic acids is 1. The molecule has 0 aliphatic heterocycles. The van der Waals surface area contributed by atoms with Gasteiger partial charge < -0.3 is 9.84 Å². The number of hydrogen-bond donors (Lipinski definition) is 2. The van der Waals surface area contributed by atoms with E-state index in [1.165, 1.54) is 12.1 Å². The quantitative estimate of drug-likeness (QED) is 0.909. The van der Waals surface area contributed by atoms with Crippen molar-refractivity contribution in [2.24, 2.45) is 0 Å². The normalized spacial score (nSPS) is 11.3. The summed E-state index contributed by atoms with van der Waals surface area (Å²) in [6, 6.07) is 5.93. The van der Waals surface area contributed by atoms with E-state index in [4.69, 9.17) is 4.52 Å². The second-order valence-corrected chi connectivity index (χ2v) is 4.65. The van der Waals surface area contributed by atoms with Crippen molar-refractivity contribution in [2.45, 2.75) is 19.5 Å². The molecule has 0 aliphatic carbocycles. The van der Waals surface area contributed by atoms with Crippen LogP contribution in [0.15, 0.2) is 34.9 Å². The van der Waals surface area contributed by atoms with E-state index in [1.54, 1.807) is 13.0 Å². The fourth-order valence-corrected chi connectivity index (χ4v) is 1.77. The lowest BCUT2D eigenvalue weighted by atomic mass is 10.1. The van der Waals surface area contributed by atoms with E-state index < -0.39 is 17.8 Å².